The van der Waals surface area contributed by atoms with Crippen molar-refractivity contribution in [3.05, 3.63) is 40.4 Å². The maximum atomic E-state index is 11.6. The molecule has 0 radical (unpaired) electrons. The van der Waals surface area contributed by atoms with Gasteiger partial charge in [0.1, 0.15) is 5.01 Å². The summed E-state index contributed by atoms with van der Waals surface area (Å²) in [6, 6.07) is 7.47. The van der Waals surface area contributed by atoms with Crippen LogP contribution in [0.15, 0.2) is 24.3 Å². The van der Waals surface area contributed by atoms with Gasteiger partial charge in [0.05, 0.1) is 18.4 Å². The highest BCUT2D eigenvalue weighted by Gasteiger charge is 2.15. The van der Waals surface area contributed by atoms with Crippen molar-refractivity contribution in [2.45, 2.75) is 12.8 Å². The standard InChI is InChI=1S/C15H16N2O2S/c1-19-15(18)11-4-2-3-10(9-11)14-17-12-5-7-16-8-6-13(12)20-14/h2-4,9,16H,5-8H2,1H3. The molecule has 0 saturated carbocycles. The molecule has 1 aromatic carbocycles. The van der Waals surface area contributed by atoms with E-state index in [2.05, 4.69) is 5.32 Å². The van der Waals surface area contributed by atoms with Gasteiger partial charge in [0.2, 0.25) is 0 Å². The van der Waals surface area contributed by atoms with E-state index in [0.29, 0.717) is 5.56 Å². The summed E-state index contributed by atoms with van der Waals surface area (Å²) in [6.45, 7) is 2.00. The number of carbonyl (C=O) groups excluding carboxylic acids is 1. The summed E-state index contributed by atoms with van der Waals surface area (Å²) >= 11 is 1.73. The maximum absolute atomic E-state index is 11.6. The van der Waals surface area contributed by atoms with E-state index in [4.69, 9.17) is 9.72 Å². The molecule has 1 N–H and O–H groups in total. The van der Waals surface area contributed by atoms with Gasteiger partial charge >= 0.3 is 5.97 Å². The van der Waals surface area contributed by atoms with E-state index in [1.165, 1.54) is 17.7 Å². The van der Waals surface area contributed by atoms with Crippen LogP contribution >= 0.6 is 11.3 Å². The Labute approximate surface area is 121 Å². The topological polar surface area (TPSA) is 51.2 Å². The lowest BCUT2D eigenvalue weighted by atomic mass is 10.1. The van der Waals surface area contributed by atoms with E-state index in [0.717, 1.165) is 36.5 Å². The van der Waals surface area contributed by atoms with Gasteiger partial charge in [-0.05, 0) is 18.6 Å². The number of nitrogens with zero attached hydrogens (tertiary/aromatic N) is 1. The number of aromatic nitrogens is 1. The van der Waals surface area contributed by atoms with Crippen LogP contribution in [0.5, 0.6) is 0 Å². The highest BCUT2D eigenvalue weighted by atomic mass is 32.1. The number of carbonyl (C=O) groups is 1. The minimum absolute atomic E-state index is 0.311. The average molecular weight is 288 g/mol. The van der Waals surface area contributed by atoms with Crippen LogP contribution in [0, 0.1) is 0 Å². The van der Waals surface area contributed by atoms with Crippen molar-refractivity contribution in [1.82, 2.24) is 10.3 Å². The summed E-state index contributed by atoms with van der Waals surface area (Å²) in [4.78, 5) is 17.7. The third-order valence-corrected chi connectivity index (χ3v) is 4.58. The normalized spacial score (nSPS) is 14.4. The smallest absolute Gasteiger partial charge is 0.337 e. The molecule has 0 amide bonds. The molecule has 104 valence electrons. The van der Waals surface area contributed by atoms with E-state index >= 15 is 0 Å². The third-order valence-electron chi connectivity index (χ3n) is 3.38. The van der Waals surface area contributed by atoms with E-state index in [9.17, 15) is 4.79 Å². The molecule has 0 unspecified atom stereocenters. The molecule has 1 aromatic heterocycles. The monoisotopic (exact) mass is 288 g/mol. The minimum atomic E-state index is -0.311. The van der Waals surface area contributed by atoms with Crippen LogP contribution in [0.4, 0.5) is 0 Å². The number of benzene rings is 1. The van der Waals surface area contributed by atoms with Crippen LogP contribution in [0.1, 0.15) is 20.9 Å². The van der Waals surface area contributed by atoms with E-state index in [-0.39, 0.29) is 5.97 Å². The molecular weight excluding hydrogens is 272 g/mol. The molecule has 1 aliphatic heterocycles. The summed E-state index contributed by atoms with van der Waals surface area (Å²) in [5.74, 6) is -0.311. The van der Waals surface area contributed by atoms with Crippen LogP contribution in [-0.2, 0) is 17.6 Å². The van der Waals surface area contributed by atoms with Crippen molar-refractivity contribution < 1.29 is 9.53 Å². The van der Waals surface area contributed by atoms with Crippen LogP contribution in [0.25, 0.3) is 10.6 Å². The molecule has 2 heterocycles. The zero-order valence-electron chi connectivity index (χ0n) is 11.3. The summed E-state index contributed by atoms with van der Waals surface area (Å²) in [5.41, 5.74) is 2.74. The zero-order valence-corrected chi connectivity index (χ0v) is 12.1. The lowest BCUT2D eigenvalue weighted by Gasteiger charge is -2.01. The van der Waals surface area contributed by atoms with Crippen LogP contribution < -0.4 is 5.32 Å². The van der Waals surface area contributed by atoms with Gasteiger partial charge in [-0.15, -0.1) is 11.3 Å². The Hall–Kier alpha value is -1.72. The Bertz CT molecular complexity index is 613. The first-order chi connectivity index (χ1) is 9.78. The Morgan fingerprint density at radius 3 is 3.05 bits per heavy atom. The Morgan fingerprint density at radius 2 is 2.20 bits per heavy atom. The fourth-order valence-electron chi connectivity index (χ4n) is 2.33. The number of thiazole rings is 1. The zero-order chi connectivity index (χ0) is 13.9. The van der Waals surface area contributed by atoms with Gasteiger partial charge < -0.3 is 10.1 Å². The number of hydrogen-bond acceptors (Lipinski definition) is 5. The van der Waals surface area contributed by atoms with Gasteiger partial charge in [-0.2, -0.15) is 0 Å². The second-order valence-corrected chi connectivity index (χ2v) is 5.79. The SMILES string of the molecule is COC(=O)c1cccc(-c2nc3c(s2)CCNCC3)c1. The second-order valence-electron chi connectivity index (χ2n) is 4.71. The van der Waals surface area contributed by atoms with Crippen molar-refractivity contribution in [2.24, 2.45) is 0 Å². The van der Waals surface area contributed by atoms with Crippen molar-refractivity contribution in [2.75, 3.05) is 20.2 Å². The summed E-state index contributed by atoms with van der Waals surface area (Å²) in [7, 11) is 1.40. The second kappa shape index (κ2) is 5.73. The van der Waals surface area contributed by atoms with Gasteiger partial charge in [0, 0.05) is 30.0 Å². The first-order valence-electron chi connectivity index (χ1n) is 6.66. The van der Waals surface area contributed by atoms with E-state index < -0.39 is 0 Å². The maximum Gasteiger partial charge on any atom is 0.337 e. The number of fused-ring (bicyclic) bond motifs is 1. The summed E-state index contributed by atoms with van der Waals surface area (Å²) in [5, 5.41) is 4.37. The Balaban J connectivity index is 1.95. The Morgan fingerprint density at radius 1 is 1.35 bits per heavy atom. The quantitative estimate of drug-likeness (QED) is 0.861. The molecule has 0 atom stereocenters. The van der Waals surface area contributed by atoms with Gasteiger partial charge in [0.25, 0.3) is 0 Å². The predicted octanol–water partition coefficient (Wildman–Crippen LogP) is 2.28. The van der Waals surface area contributed by atoms with Crippen LogP contribution in [-0.4, -0.2) is 31.2 Å². The highest BCUT2D eigenvalue weighted by Crippen LogP contribution is 2.30. The number of hydrogen-bond donors (Lipinski definition) is 1. The molecular formula is C15H16N2O2S. The number of rotatable bonds is 2. The number of methoxy groups -OCH3 is 1. The number of esters is 1. The summed E-state index contributed by atoms with van der Waals surface area (Å²) in [6.07, 6.45) is 2.01. The molecule has 20 heavy (non-hydrogen) atoms. The molecule has 0 bridgehead atoms. The van der Waals surface area contributed by atoms with Crippen molar-refractivity contribution >= 4 is 17.3 Å². The first-order valence-corrected chi connectivity index (χ1v) is 7.47. The number of ether oxygens (including phenoxy) is 1. The molecule has 3 rings (SSSR count). The van der Waals surface area contributed by atoms with Gasteiger partial charge in [0.15, 0.2) is 0 Å². The van der Waals surface area contributed by atoms with Gasteiger partial charge in [-0.1, -0.05) is 12.1 Å². The van der Waals surface area contributed by atoms with Gasteiger partial charge in [-0.3, -0.25) is 0 Å². The van der Waals surface area contributed by atoms with E-state index in [1.807, 2.05) is 18.2 Å². The minimum Gasteiger partial charge on any atom is -0.465 e. The molecule has 1 aliphatic rings. The molecule has 2 aromatic rings. The van der Waals surface area contributed by atoms with Crippen LogP contribution in [0.3, 0.4) is 0 Å². The first kappa shape index (κ1) is 13.3. The molecule has 4 nitrogen and oxygen atoms in total. The Kier molecular flexibility index (Phi) is 3.80. The fraction of sp³-hybridized carbons (Fsp3) is 0.333. The lowest BCUT2D eigenvalue weighted by molar-refractivity contribution is 0.0601. The molecule has 0 saturated heterocycles. The molecule has 0 aliphatic carbocycles. The van der Waals surface area contributed by atoms with Crippen molar-refractivity contribution in [3.63, 3.8) is 0 Å². The third kappa shape index (κ3) is 2.59. The molecule has 0 fully saturated rings. The lowest BCUT2D eigenvalue weighted by Crippen LogP contribution is -2.16. The highest BCUT2D eigenvalue weighted by molar-refractivity contribution is 7.15. The molecule has 0 spiro atoms. The molecule has 5 heteroatoms. The van der Waals surface area contributed by atoms with Crippen molar-refractivity contribution in [3.8, 4) is 10.6 Å². The van der Waals surface area contributed by atoms with Crippen LogP contribution in [0.2, 0.25) is 0 Å². The number of nitrogens with one attached hydrogen (secondary N) is 1. The van der Waals surface area contributed by atoms with Gasteiger partial charge in [-0.25, -0.2) is 9.78 Å². The van der Waals surface area contributed by atoms with E-state index in [1.54, 1.807) is 17.4 Å². The average Bonchev–Trinajstić information content (AvgIpc) is 2.78. The summed E-state index contributed by atoms with van der Waals surface area (Å²) < 4.78 is 4.76. The van der Waals surface area contributed by atoms with Crippen molar-refractivity contribution in [1.29, 1.82) is 0 Å². The predicted molar refractivity (Wildman–Crippen MR) is 79.2 cm³/mol. The fourth-order valence-corrected chi connectivity index (χ4v) is 3.43. The largest absolute Gasteiger partial charge is 0.465 e.